The van der Waals surface area contributed by atoms with E-state index in [0.29, 0.717) is 5.82 Å². The molecule has 3 heteroatoms. The standard InChI is InChI=1S/C58H36N2O/c1-2-11-37(12-3-1)38-21-31-44(32-22-38)58-59-52(41-25-23-40(24-26-41)47-18-10-20-55-57(47)50-17-8-9-19-54(50)61-55)36-53(60-58)42-27-29-43(30-28-42)56-48-16-7-5-14-45(48)35-51-46-15-6-4-13-39(46)33-34-49(51)56/h1-36H. The number of aromatic nitrogens is 2. The lowest BCUT2D eigenvalue weighted by Gasteiger charge is -2.15. The second-order valence-electron chi connectivity index (χ2n) is 15.7. The Morgan fingerprint density at radius 1 is 0.295 bits per heavy atom. The molecule has 2 aromatic heterocycles. The summed E-state index contributed by atoms with van der Waals surface area (Å²) in [5.41, 5.74) is 13.5. The van der Waals surface area contributed by atoms with Crippen molar-refractivity contribution in [1.82, 2.24) is 9.97 Å². The van der Waals surface area contributed by atoms with Crippen molar-refractivity contribution in [3.8, 4) is 67.3 Å². The monoisotopic (exact) mass is 776 g/mol. The predicted octanol–water partition coefficient (Wildman–Crippen LogP) is 15.8. The topological polar surface area (TPSA) is 38.9 Å². The lowest BCUT2D eigenvalue weighted by atomic mass is 9.89. The highest BCUT2D eigenvalue weighted by molar-refractivity contribution is 6.20. The first kappa shape index (κ1) is 34.9. The van der Waals surface area contributed by atoms with Crippen molar-refractivity contribution in [2.75, 3.05) is 0 Å². The molecule has 0 saturated carbocycles. The first-order valence-corrected chi connectivity index (χ1v) is 20.7. The van der Waals surface area contributed by atoms with Gasteiger partial charge >= 0.3 is 0 Å². The van der Waals surface area contributed by atoms with E-state index in [-0.39, 0.29) is 0 Å². The summed E-state index contributed by atoms with van der Waals surface area (Å²) in [5.74, 6) is 0.682. The first-order chi connectivity index (χ1) is 30.2. The van der Waals surface area contributed by atoms with Gasteiger partial charge in [0, 0.05) is 27.5 Å². The van der Waals surface area contributed by atoms with E-state index in [1.165, 1.54) is 49.0 Å². The highest BCUT2D eigenvalue weighted by atomic mass is 16.3. The van der Waals surface area contributed by atoms with Crippen LogP contribution >= 0.6 is 0 Å². The van der Waals surface area contributed by atoms with Gasteiger partial charge in [0.1, 0.15) is 11.2 Å². The quantitative estimate of drug-likeness (QED) is 0.125. The van der Waals surface area contributed by atoms with Gasteiger partial charge in [0.2, 0.25) is 0 Å². The minimum Gasteiger partial charge on any atom is -0.456 e. The maximum atomic E-state index is 6.22. The Kier molecular flexibility index (Phi) is 8.17. The molecule has 0 aliphatic rings. The van der Waals surface area contributed by atoms with Crippen molar-refractivity contribution >= 4 is 54.3 Å². The second-order valence-corrected chi connectivity index (χ2v) is 15.7. The van der Waals surface area contributed by atoms with Crippen LogP contribution in [0.4, 0.5) is 0 Å². The van der Waals surface area contributed by atoms with E-state index in [4.69, 9.17) is 14.4 Å². The molecule has 0 N–H and O–H groups in total. The summed E-state index contributed by atoms with van der Waals surface area (Å²) in [6.07, 6.45) is 0. The van der Waals surface area contributed by atoms with Gasteiger partial charge in [-0.3, -0.25) is 0 Å². The largest absolute Gasteiger partial charge is 0.456 e. The SMILES string of the molecule is c1ccc(-c2ccc(-c3nc(-c4ccc(-c5c6ccccc6cc6c5ccc5ccccc56)cc4)cc(-c4ccc(-c5cccc6oc7ccccc7c56)cc4)n3)cc2)cc1. The zero-order valence-corrected chi connectivity index (χ0v) is 33.1. The van der Waals surface area contributed by atoms with E-state index in [1.807, 2.05) is 24.3 Å². The van der Waals surface area contributed by atoms with E-state index in [9.17, 15) is 0 Å². The van der Waals surface area contributed by atoms with Crippen molar-refractivity contribution in [2.45, 2.75) is 0 Å². The van der Waals surface area contributed by atoms with Crippen LogP contribution < -0.4 is 0 Å². The van der Waals surface area contributed by atoms with E-state index in [2.05, 4.69) is 194 Å². The predicted molar refractivity (Wildman–Crippen MR) is 254 cm³/mol. The van der Waals surface area contributed by atoms with Gasteiger partial charge in [-0.15, -0.1) is 0 Å². The molecule has 0 atom stereocenters. The average Bonchev–Trinajstić information content (AvgIpc) is 3.73. The summed E-state index contributed by atoms with van der Waals surface area (Å²) in [6, 6.07) is 77.5. The van der Waals surface area contributed by atoms with Crippen molar-refractivity contribution in [3.05, 3.63) is 218 Å². The van der Waals surface area contributed by atoms with Crippen molar-refractivity contribution in [2.24, 2.45) is 0 Å². The fourth-order valence-corrected chi connectivity index (χ4v) is 9.09. The minimum absolute atomic E-state index is 0.682. The van der Waals surface area contributed by atoms with E-state index in [1.54, 1.807) is 0 Å². The summed E-state index contributed by atoms with van der Waals surface area (Å²) >= 11 is 0. The smallest absolute Gasteiger partial charge is 0.160 e. The lowest BCUT2D eigenvalue weighted by Crippen LogP contribution is -1.96. The second kappa shape index (κ2) is 14.3. The first-order valence-electron chi connectivity index (χ1n) is 20.7. The third kappa shape index (κ3) is 6.06. The summed E-state index contributed by atoms with van der Waals surface area (Å²) in [7, 11) is 0. The van der Waals surface area contributed by atoms with Crippen LogP contribution in [0, 0.1) is 0 Å². The van der Waals surface area contributed by atoms with Crippen LogP contribution in [0.15, 0.2) is 223 Å². The Bertz CT molecular complexity index is 3610. The zero-order chi connectivity index (χ0) is 40.3. The van der Waals surface area contributed by atoms with Gasteiger partial charge in [-0.1, -0.05) is 194 Å². The van der Waals surface area contributed by atoms with Gasteiger partial charge in [0.15, 0.2) is 5.82 Å². The molecule has 0 radical (unpaired) electrons. The van der Waals surface area contributed by atoms with Gasteiger partial charge in [0.05, 0.1) is 11.4 Å². The maximum Gasteiger partial charge on any atom is 0.160 e. The molecule has 12 rings (SSSR count). The van der Waals surface area contributed by atoms with Crippen LogP contribution in [0.1, 0.15) is 0 Å². The fourth-order valence-electron chi connectivity index (χ4n) is 9.09. The summed E-state index contributed by atoms with van der Waals surface area (Å²) < 4.78 is 6.22. The molecule has 0 bridgehead atoms. The molecule has 12 aromatic rings. The molecule has 284 valence electrons. The lowest BCUT2D eigenvalue weighted by molar-refractivity contribution is 0.669. The third-order valence-corrected chi connectivity index (χ3v) is 12.1. The van der Waals surface area contributed by atoms with Crippen LogP contribution in [-0.2, 0) is 0 Å². The number of furan rings is 1. The van der Waals surface area contributed by atoms with Crippen molar-refractivity contribution in [3.63, 3.8) is 0 Å². The molecular weight excluding hydrogens is 741 g/mol. The van der Waals surface area contributed by atoms with Gasteiger partial charge < -0.3 is 4.42 Å². The highest BCUT2D eigenvalue weighted by Crippen LogP contribution is 2.41. The van der Waals surface area contributed by atoms with Crippen LogP contribution in [0.25, 0.3) is 122 Å². The molecule has 0 unspecified atom stereocenters. The summed E-state index contributed by atoms with van der Waals surface area (Å²) in [4.78, 5) is 10.5. The molecule has 0 amide bonds. The Morgan fingerprint density at radius 2 is 0.852 bits per heavy atom. The van der Waals surface area contributed by atoms with Gasteiger partial charge in [-0.05, 0) is 90.0 Å². The Morgan fingerprint density at radius 3 is 1.61 bits per heavy atom. The Balaban J connectivity index is 0.972. The van der Waals surface area contributed by atoms with Gasteiger partial charge in [-0.25, -0.2) is 9.97 Å². The molecule has 0 saturated heterocycles. The van der Waals surface area contributed by atoms with E-state index in [0.717, 1.165) is 66.7 Å². The van der Waals surface area contributed by atoms with Crippen molar-refractivity contribution in [1.29, 1.82) is 0 Å². The van der Waals surface area contributed by atoms with Gasteiger partial charge in [-0.2, -0.15) is 0 Å². The molecule has 0 aliphatic carbocycles. The number of benzene rings is 10. The number of rotatable bonds is 6. The number of para-hydroxylation sites is 1. The molecular formula is C58H36N2O. The maximum absolute atomic E-state index is 6.22. The van der Waals surface area contributed by atoms with Crippen molar-refractivity contribution < 1.29 is 4.42 Å². The summed E-state index contributed by atoms with van der Waals surface area (Å²) in [5, 5.41) is 9.74. The third-order valence-electron chi connectivity index (χ3n) is 12.1. The van der Waals surface area contributed by atoms with Crippen LogP contribution in [0.3, 0.4) is 0 Å². The van der Waals surface area contributed by atoms with Crippen LogP contribution in [0.5, 0.6) is 0 Å². The zero-order valence-electron chi connectivity index (χ0n) is 33.1. The molecule has 61 heavy (non-hydrogen) atoms. The molecule has 10 aromatic carbocycles. The molecule has 0 spiro atoms. The number of hydrogen-bond donors (Lipinski definition) is 0. The molecule has 0 aliphatic heterocycles. The number of fused-ring (bicyclic) bond motifs is 7. The van der Waals surface area contributed by atoms with Gasteiger partial charge in [0.25, 0.3) is 0 Å². The van der Waals surface area contributed by atoms with Crippen LogP contribution in [-0.4, -0.2) is 9.97 Å². The van der Waals surface area contributed by atoms with E-state index < -0.39 is 0 Å². The highest BCUT2D eigenvalue weighted by Gasteiger charge is 2.16. The number of hydrogen-bond acceptors (Lipinski definition) is 3. The van der Waals surface area contributed by atoms with Crippen LogP contribution in [0.2, 0.25) is 0 Å². The Labute approximate surface area is 352 Å². The van der Waals surface area contributed by atoms with E-state index >= 15 is 0 Å². The molecule has 0 fully saturated rings. The minimum atomic E-state index is 0.682. The summed E-state index contributed by atoms with van der Waals surface area (Å²) in [6.45, 7) is 0. The fraction of sp³-hybridized carbons (Fsp3) is 0. The molecule has 3 nitrogen and oxygen atoms in total. The normalized spacial score (nSPS) is 11.6. The molecule has 2 heterocycles. The Hall–Kier alpha value is -8.14. The average molecular weight is 777 g/mol. The number of nitrogens with zero attached hydrogens (tertiary/aromatic N) is 2.